The Hall–Kier alpha value is -3.17. The second-order valence-electron chi connectivity index (χ2n) is 6.46. The first-order valence-electron chi connectivity index (χ1n) is 8.15. The van der Waals surface area contributed by atoms with Gasteiger partial charge in [0.1, 0.15) is 0 Å². The van der Waals surface area contributed by atoms with E-state index < -0.39 is 11.2 Å². The van der Waals surface area contributed by atoms with Crippen LogP contribution >= 0.6 is 0 Å². The van der Waals surface area contributed by atoms with Crippen LogP contribution in [0.2, 0.25) is 0 Å². The van der Waals surface area contributed by atoms with E-state index in [9.17, 15) is 19.2 Å². The van der Waals surface area contributed by atoms with E-state index >= 15 is 0 Å². The maximum Gasteiger partial charge on any atom is 0.325 e. The third-order valence-corrected chi connectivity index (χ3v) is 4.42. The fraction of sp³-hybridized carbons (Fsp3) is 0.438. The zero-order valence-corrected chi connectivity index (χ0v) is 14.8. The van der Waals surface area contributed by atoms with Crippen molar-refractivity contribution in [3.63, 3.8) is 0 Å². The van der Waals surface area contributed by atoms with Crippen LogP contribution in [0, 0.1) is 6.92 Å². The first-order chi connectivity index (χ1) is 12.3. The second-order valence-corrected chi connectivity index (χ2v) is 6.46. The maximum atomic E-state index is 12.6. The van der Waals surface area contributed by atoms with Gasteiger partial charge >= 0.3 is 5.69 Å². The zero-order valence-electron chi connectivity index (χ0n) is 14.8. The third-order valence-electron chi connectivity index (χ3n) is 4.42. The molecule has 0 radical (unpaired) electrons. The molecular weight excluding hydrogens is 340 g/mol. The summed E-state index contributed by atoms with van der Waals surface area (Å²) < 4.78 is 0. The number of hydrogen-bond donors (Lipinski definition) is 3. The number of carbonyl (C=O) groups is 1. The van der Waals surface area contributed by atoms with E-state index in [1.54, 1.807) is 30.8 Å². The molecule has 26 heavy (non-hydrogen) atoms. The number of aryl methyl sites for hydroxylation is 1. The number of nitrogens with one attached hydrogen (secondary N) is 3. The fourth-order valence-corrected chi connectivity index (χ4v) is 2.95. The lowest BCUT2D eigenvalue weighted by atomic mass is 10.1. The van der Waals surface area contributed by atoms with Crippen LogP contribution in [0.15, 0.2) is 14.4 Å². The van der Waals surface area contributed by atoms with Crippen molar-refractivity contribution in [1.29, 1.82) is 0 Å². The number of aromatic amines is 3. The summed E-state index contributed by atoms with van der Waals surface area (Å²) in [5.74, 6) is 0.167. The van der Waals surface area contributed by atoms with Crippen LogP contribution in [0.3, 0.4) is 0 Å². The number of fused-ring (bicyclic) bond motifs is 1. The Bertz CT molecular complexity index is 1030. The van der Waals surface area contributed by atoms with Crippen LogP contribution in [-0.2, 0) is 24.2 Å². The van der Waals surface area contributed by atoms with Gasteiger partial charge in [-0.05, 0) is 13.3 Å². The molecule has 3 heterocycles. The molecule has 2 aromatic rings. The Morgan fingerprint density at radius 3 is 2.54 bits per heavy atom. The van der Waals surface area contributed by atoms with Gasteiger partial charge in [-0.3, -0.25) is 24.4 Å². The molecule has 0 fully saturated rings. The summed E-state index contributed by atoms with van der Waals surface area (Å²) in [6, 6.07) is 0. The summed E-state index contributed by atoms with van der Waals surface area (Å²) in [5.41, 5.74) is 0.375. The van der Waals surface area contributed by atoms with Crippen LogP contribution in [-0.4, -0.2) is 51.4 Å². The average molecular weight is 360 g/mol. The molecule has 0 aromatic carbocycles. The van der Waals surface area contributed by atoms with Gasteiger partial charge in [-0.2, -0.15) is 0 Å². The second kappa shape index (κ2) is 6.62. The number of H-pyrrole nitrogens is 3. The number of amides is 1. The molecule has 0 aliphatic carbocycles. The van der Waals surface area contributed by atoms with Crippen LogP contribution in [0.1, 0.15) is 22.5 Å². The van der Waals surface area contributed by atoms with Crippen LogP contribution in [0.4, 0.5) is 5.95 Å². The number of nitrogens with zero attached hydrogens (tertiary/aromatic N) is 3. The molecule has 1 aliphatic heterocycles. The van der Waals surface area contributed by atoms with Crippen molar-refractivity contribution in [3.05, 3.63) is 53.7 Å². The summed E-state index contributed by atoms with van der Waals surface area (Å²) in [5, 5.41) is 0. The molecule has 0 spiro atoms. The van der Waals surface area contributed by atoms with E-state index in [1.165, 1.54) is 0 Å². The summed E-state index contributed by atoms with van der Waals surface area (Å²) in [7, 11) is 3.53. The molecule has 0 unspecified atom stereocenters. The van der Waals surface area contributed by atoms with Crippen molar-refractivity contribution in [2.24, 2.45) is 0 Å². The number of carbonyl (C=O) groups excluding carboxylic acids is 1. The Labute approximate surface area is 147 Å². The van der Waals surface area contributed by atoms with Crippen molar-refractivity contribution in [1.82, 2.24) is 24.8 Å². The van der Waals surface area contributed by atoms with E-state index in [2.05, 4.69) is 19.9 Å². The van der Waals surface area contributed by atoms with Crippen molar-refractivity contribution in [3.8, 4) is 0 Å². The lowest BCUT2D eigenvalue weighted by Gasteiger charge is -2.28. The van der Waals surface area contributed by atoms with Gasteiger partial charge in [0.05, 0.1) is 18.7 Å². The summed E-state index contributed by atoms with van der Waals surface area (Å²) >= 11 is 0. The normalized spacial score (nSPS) is 13.4. The molecule has 0 bridgehead atoms. The molecule has 0 atom stereocenters. The monoisotopic (exact) mass is 360 g/mol. The highest BCUT2D eigenvalue weighted by atomic mass is 16.2. The molecule has 1 aliphatic rings. The molecule has 138 valence electrons. The average Bonchev–Trinajstić information content (AvgIpc) is 2.57. The van der Waals surface area contributed by atoms with Gasteiger partial charge in [0.25, 0.3) is 11.1 Å². The van der Waals surface area contributed by atoms with Crippen molar-refractivity contribution >= 4 is 11.9 Å². The Morgan fingerprint density at radius 1 is 1.15 bits per heavy atom. The molecule has 3 rings (SSSR count). The molecule has 0 saturated heterocycles. The van der Waals surface area contributed by atoms with Gasteiger partial charge in [0, 0.05) is 37.5 Å². The van der Waals surface area contributed by atoms with Gasteiger partial charge in [-0.15, -0.1) is 0 Å². The van der Waals surface area contributed by atoms with Crippen molar-refractivity contribution in [2.45, 2.75) is 26.3 Å². The molecule has 10 heteroatoms. The minimum absolute atomic E-state index is 0.128. The summed E-state index contributed by atoms with van der Waals surface area (Å²) in [6.45, 7) is 2.16. The van der Waals surface area contributed by atoms with Gasteiger partial charge in [-0.25, -0.2) is 9.78 Å². The molecule has 0 saturated carbocycles. The SMILES string of the molecule is Cc1[nH]c(=O)[nH]c(=O)c1CC(=O)N1CCc2c(nc(N(C)C)[nH]c2=O)C1. The number of anilines is 1. The first kappa shape index (κ1) is 17.6. The largest absolute Gasteiger partial charge is 0.348 e. The molecule has 10 nitrogen and oxygen atoms in total. The highest BCUT2D eigenvalue weighted by Gasteiger charge is 2.25. The van der Waals surface area contributed by atoms with E-state index in [0.29, 0.717) is 35.9 Å². The predicted molar refractivity (Wildman–Crippen MR) is 94.4 cm³/mol. The Balaban J connectivity index is 1.85. The molecule has 1 amide bonds. The van der Waals surface area contributed by atoms with E-state index in [1.807, 2.05) is 0 Å². The van der Waals surface area contributed by atoms with Gasteiger partial charge in [-0.1, -0.05) is 0 Å². The number of hydrogen-bond acceptors (Lipinski definition) is 6. The molecule has 2 aromatic heterocycles. The van der Waals surface area contributed by atoms with Crippen LogP contribution < -0.4 is 21.7 Å². The quantitative estimate of drug-likeness (QED) is 0.619. The minimum Gasteiger partial charge on any atom is -0.348 e. The van der Waals surface area contributed by atoms with Crippen LogP contribution in [0.25, 0.3) is 0 Å². The topological polar surface area (TPSA) is 135 Å². The molecule has 3 N–H and O–H groups in total. The highest BCUT2D eigenvalue weighted by Crippen LogP contribution is 2.16. The third kappa shape index (κ3) is 3.30. The van der Waals surface area contributed by atoms with Crippen molar-refractivity contribution in [2.75, 3.05) is 25.5 Å². The first-order valence-corrected chi connectivity index (χ1v) is 8.15. The Morgan fingerprint density at radius 2 is 1.88 bits per heavy atom. The van der Waals surface area contributed by atoms with Gasteiger partial charge in [0.2, 0.25) is 11.9 Å². The number of rotatable bonds is 3. The Kier molecular flexibility index (Phi) is 4.49. The predicted octanol–water partition coefficient (Wildman–Crippen LogP) is -1.35. The van der Waals surface area contributed by atoms with E-state index in [0.717, 1.165) is 0 Å². The highest BCUT2D eigenvalue weighted by molar-refractivity contribution is 5.79. The zero-order chi connectivity index (χ0) is 19.0. The summed E-state index contributed by atoms with van der Waals surface area (Å²) in [6.07, 6.45) is 0.273. The standard InChI is InChI=1S/C16H20N6O4/c1-8-10(14(25)20-16(26)17-8)6-12(23)22-5-4-9-11(7-22)18-15(21(2)3)19-13(9)24/h4-7H2,1-3H3,(H,18,19,24)(H2,17,20,25,26). The van der Waals surface area contributed by atoms with Gasteiger partial charge in [0.15, 0.2) is 0 Å². The van der Waals surface area contributed by atoms with E-state index in [4.69, 9.17) is 0 Å². The molecular formula is C16H20N6O4. The van der Waals surface area contributed by atoms with Gasteiger partial charge < -0.3 is 14.8 Å². The van der Waals surface area contributed by atoms with E-state index in [-0.39, 0.29) is 30.0 Å². The smallest absolute Gasteiger partial charge is 0.325 e. The van der Waals surface area contributed by atoms with Crippen LogP contribution in [0.5, 0.6) is 0 Å². The lowest BCUT2D eigenvalue weighted by Crippen LogP contribution is -2.41. The maximum absolute atomic E-state index is 12.6. The fourth-order valence-electron chi connectivity index (χ4n) is 2.95. The summed E-state index contributed by atoms with van der Waals surface area (Å²) in [4.78, 5) is 63.0. The minimum atomic E-state index is -0.602. The van der Waals surface area contributed by atoms with Crippen molar-refractivity contribution < 1.29 is 4.79 Å². The lowest BCUT2D eigenvalue weighted by molar-refractivity contribution is -0.131. The number of aromatic nitrogens is 4.